The standard InChI is InChI=1S/C16H24N2O/c1-13-7-9-14(10-8-13)17-12-11-16(19)18-15-5-3-2-4-6-15/h7-10,15,17H,2-6,11-12H2,1H3,(H,18,19). The Labute approximate surface area is 115 Å². The summed E-state index contributed by atoms with van der Waals surface area (Å²) in [6, 6.07) is 8.66. The van der Waals surface area contributed by atoms with Crippen LogP contribution in [0.15, 0.2) is 24.3 Å². The van der Waals surface area contributed by atoms with E-state index in [1.807, 2.05) is 12.1 Å². The third kappa shape index (κ3) is 4.93. The van der Waals surface area contributed by atoms with Crippen molar-refractivity contribution in [3.63, 3.8) is 0 Å². The number of hydrogen-bond acceptors (Lipinski definition) is 2. The highest BCUT2D eigenvalue weighted by Crippen LogP contribution is 2.17. The van der Waals surface area contributed by atoms with E-state index in [2.05, 4.69) is 29.7 Å². The van der Waals surface area contributed by atoms with Crippen molar-refractivity contribution in [2.45, 2.75) is 51.5 Å². The first-order valence-electron chi connectivity index (χ1n) is 7.34. The molecular formula is C16H24N2O. The Morgan fingerprint density at radius 2 is 1.84 bits per heavy atom. The van der Waals surface area contributed by atoms with Crippen LogP contribution in [0.3, 0.4) is 0 Å². The van der Waals surface area contributed by atoms with Crippen molar-refractivity contribution in [3.05, 3.63) is 29.8 Å². The highest BCUT2D eigenvalue weighted by atomic mass is 16.1. The van der Waals surface area contributed by atoms with E-state index in [1.165, 1.54) is 24.8 Å². The Hall–Kier alpha value is -1.51. The highest BCUT2D eigenvalue weighted by Gasteiger charge is 2.15. The van der Waals surface area contributed by atoms with Crippen LogP contribution in [-0.2, 0) is 4.79 Å². The Morgan fingerprint density at radius 1 is 1.16 bits per heavy atom. The molecule has 19 heavy (non-hydrogen) atoms. The molecule has 104 valence electrons. The van der Waals surface area contributed by atoms with Crippen LogP contribution in [0.5, 0.6) is 0 Å². The molecule has 1 aliphatic carbocycles. The number of amides is 1. The molecule has 0 saturated heterocycles. The Bertz CT molecular complexity index is 394. The summed E-state index contributed by atoms with van der Waals surface area (Å²) >= 11 is 0. The average Bonchev–Trinajstić information content (AvgIpc) is 2.42. The van der Waals surface area contributed by atoms with E-state index < -0.39 is 0 Å². The molecule has 0 radical (unpaired) electrons. The van der Waals surface area contributed by atoms with Gasteiger partial charge in [-0.15, -0.1) is 0 Å². The van der Waals surface area contributed by atoms with E-state index in [-0.39, 0.29) is 5.91 Å². The van der Waals surface area contributed by atoms with Gasteiger partial charge < -0.3 is 10.6 Å². The lowest BCUT2D eigenvalue weighted by atomic mass is 9.95. The van der Waals surface area contributed by atoms with Crippen molar-refractivity contribution < 1.29 is 4.79 Å². The number of aryl methyl sites for hydroxylation is 1. The summed E-state index contributed by atoms with van der Waals surface area (Å²) in [7, 11) is 0. The van der Waals surface area contributed by atoms with Crippen molar-refractivity contribution in [1.82, 2.24) is 5.32 Å². The fourth-order valence-electron chi connectivity index (χ4n) is 2.54. The molecule has 0 aliphatic heterocycles. The van der Waals surface area contributed by atoms with Gasteiger partial charge in [0.15, 0.2) is 0 Å². The monoisotopic (exact) mass is 260 g/mol. The SMILES string of the molecule is Cc1ccc(NCCC(=O)NC2CCCCC2)cc1. The summed E-state index contributed by atoms with van der Waals surface area (Å²) in [5.74, 6) is 0.173. The van der Waals surface area contributed by atoms with Gasteiger partial charge in [0.05, 0.1) is 0 Å². The van der Waals surface area contributed by atoms with Crippen LogP contribution in [0.2, 0.25) is 0 Å². The molecule has 1 amide bonds. The summed E-state index contributed by atoms with van der Waals surface area (Å²) in [6.07, 6.45) is 6.68. The molecule has 1 saturated carbocycles. The maximum atomic E-state index is 11.8. The van der Waals surface area contributed by atoms with E-state index in [4.69, 9.17) is 0 Å². The molecule has 3 heteroatoms. The van der Waals surface area contributed by atoms with E-state index in [0.29, 0.717) is 19.0 Å². The third-order valence-corrected chi connectivity index (χ3v) is 3.70. The zero-order chi connectivity index (χ0) is 13.5. The molecule has 0 spiro atoms. The van der Waals surface area contributed by atoms with E-state index in [9.17, 15) is 4.79 Å². The van der Waals surface area contributed by atoms with Crippen molar-refractivity contribution in [2.75, 3.05) is 11.9 Å². The van der Waals surface area contributed by atoms with Crippen LogP contribution in [0.4, 0.5) is 5.69 Å². The minimum atomic E-state index is 0.173. The topological polar surface area (TPSA) is 41.1 Å². The summed E-state index contributed by atoms with van der Waals surface area (Å²) in [5, 5.41) is 6.41. The number of benzene rings is 1. The van der Waals surface area contributed by atoms with Crippen LogP contribution in [0.1, 0.15) is 44.1 Å². The fraction of sp³-hybridized carbons (Fsp3) is 0.562. The van der Waals surface area contributed by atoms with Crippen molar-refractivity contribution in [2.24, 2.45) is 0 Å². The lowest BCUT2D eigenvalue weighted by molar-refractivity contribution is -0.121. The van der Waals surface area contributed by atoms with Crippen molar-refractivity contribution in [3.8, 4) is 0 Å². The smallest absolute Gasteiger partial charge is 0.221 e. The first kappa shape index (κ1) is 13.9. The normalized spacial score (nSPS) is 16.1. The Balaban J connectivity index is 1.64. The molecule has 0 unspecified atom stereocenters. The van der Waals surface area contributed by atoms with Crippen LogP contribution < -0.4 is 10.6 Å². The molecule has 3 nitrogen and oxygen atoms in total. The summed E-state index contributed by atoms with van der Waals surface area (Å²) < 4.78 is 0. The fourth-order valence-corrected chi connectivity index (χ4v) is 2.54. The molecule has 2 N–H and O–H groups in total. The number of hydrogen-bond donors (Lipinski definition) is 2. The Morgan fingerprint density at radius 3 is 2.53 bits per heavy atom. The second-order valence-corrected chi connectivity index (χ2v) is 5.45. The quantitative estimate of drug-likeness (QED) is 0.853. The van der Waals surface area contributed by atoms with Gasteiger partial charge in [0.2, 0.25) is 5.91 Å². The number of carbonyl (C=O) groups excluding carboxylic acids is 1. The first-order chi connectivity index (χ1) is 9.24. The second kappa shape index (κ2) is 7.17. The number of anilines is 1. The van der Waals surface area contributed by atoms with Crippen LogP contribution in [0.25, 0.3) is 0 Å². The van der Waals surface area contributed by atoms with Crippen LogP contribution in [0, 0.1) is 6.92 Å². The molecule has 0 heterocycles. The molecule has 1 aromatic carbocycles. The van der Waals surface area contributed by atoms with E-state index in [0.717, 1.165) is 18.5 Å². The Kier molecular flexibility index (Phi) is 5.25. The highest BCUT2D eigenvalue weighted by molar-refractivity contribution is 5.76. The maximum Gasteiger partial charge on any atom is 0.221 e. The van der Waals surface area contributed by atoms with Gasteiger partial charge in [-0.05, 0) is 31.9 Å². The van der Waals surface area contributed by atoms with Gasteiger partial charge in [-0.2, -0.15) is 0 Å². The van der Waals surface area contributed by atoms with Crippen LogP contribution >= 0.6 is 0 Å². The lowest BCUT2D eigenvalue weighted by Gasteiger charge is -2.22. The predicted octanol–water partition coefficient (Wildman–Crippen LogP) is 3.25. The van der Waals surface area contributed by atoms with Crippen LogP contribution in [-0.4, -0.2) is 18.5 Å². The maximum absolute atomic E-state index is 11.8. The average molecular weight is 260 g/mol. The lowest BCUT2D eigenvalue weighted by Crippen LogP contribution is -2.36. The molecule has 0 bridgehead atoms. The number of nitrogens with one attached hydrogen (secondary N) is 2. The summed E-state index contributed by atoms with van der Waals surface area (Å²) in [4.78, 5) is 11.8. The van der Waals surface area contributed by atoms with E-state index in [1.54, 1.807) is 0 Å². The molecular weight excluding hydrogens is 236 g/mol. The van der Waals surface area contributed by atoms with Gasteiger partial charge in [-0.1, -0.05) is 37.0 Å². The van der Waals surface area contributed by atoms with E-state index >= 15 is 0 Å². The van der Waals surface area contributed by atoms with Gasteiger partial charge >= 0.3 is 0 Å². The second-order valence-electron chi connectivity index (χ2n) is 5.45. The largest absolute Gasteiger partial charge is 0.385 e. The van der Waals surface area contributed by atoms with Gasteiger partial charge in [-0.25, -0.2) is 0 Å². The molecule has 1 fully saturated rings. The summed E-state index contributed by atoms with van der Waals surface area (Å²) in [6.45, 7) is 2.77. The van der Waals surface area contributed by atoms with Crippen molar-refractivity contribution in [1.29, 1.82) is 0 Å². The van der Waals surface area contributed by atoms with Gasteiger partial charge in [0, 0.05) is 24.7 Å². The molecule has 1 aromatic rings. The number of rotatable bonds is 5. The molecule has 0 atom stereocenters. The summed E-state index contributed by atoms with van der Waals surface area (Å²) in [5.41, 5.74) is 2.33. The predicted molar refractivity (Wildman–Crippen MR) is 79.3 cm³/mol. The third-order valence-electron chi connectivity index (χ3n) is 3.70. The zero-order valence-electron chi connectivity index (χ0n) is 11.7. The van der Waals surface area contributed by atoms with Gasteiger partial charge in [-0.3, -0.25) is 4.79 Å². The van der Waals surface area contributed by atoms with Gasteiger partial charge in [0.25, 0.3) is 0 Å². The molecule has 2 rings (SSSR count). The van der Waals surface area contributed by atoms with Gasteiger partial charge in [0.1, 0.15) is 0 Å². The van der Waals surface area contributed by atoms with Crippen molar-refractivity contribution >= 4 is 11.6 Å². The zero-order valence-corrected chi connectivity index (χ0v) is 11.7. The minimum Gasteiger partial charge on any atom is -0.385 e. The minimum absolute atomic E-state index is 0.173. The first-order valence-corrected chi connectivity index (χ1v) is 7.34. The molecule has 0 aromatic heterocycles. The molecule has 1 aliphatic rings. The number of carbonyl (C=O) groups is 1.